The van der Waals surface area contributed by atoms with Gasteiger partial charge in [-0.1, -0.05) is 42.5 Å². The third-order valence-corrected chi connectivity index (χ3v) is 3.61. The molecule has 0 aliphatic carbocycles. The summed E-state index contributed by atoms with van der Waals surface area (Å²) in [5.74, 6) is 0.427. The van der Waals surface area contributed by atoms with Crippen LogP contribution < -0.4 is 10.6 Å². The smallest absolute Gasteiger partial charge is 0.337 e. The number of carbonyl (C=O) groups excluding carboxylic acids is 1. The van der Waals surface area contributed by atoms with Crippen molar-refractivity contribution in [2.24, 2.45) is 4.99 Å². The average Bonchev–Trinajstić information content (AvgIpc) is 2.65. The Morgan fingerprint density at radius 3 is 2.33 bits per heavy atom. The normalized spacial score (nSPS) is 11.0. The highest BCUT2D eigenvalue weighted by Gasteiger charge is 2.04. The second-order valence-electron chi connectivity index (χ2n) is 5.28. The Morgan fingerprint density at radius 1 is 1.00 bits per heavy atom. The Morgan fingerprint density at radius 2 is 1.71 bits per heavy atom. The van der Waals surface area contributed by atoms with Gasteiger partial charge in [0.2, 0.25) is 0 Å². The molecule has 0 aliphatic rings. The molecular weight excluding hydrogens is 302 g/mol. The van der Waals surface area contributed by atoms with Crippen molar-refractivity contribution in [3.05, 3.63) is 71.3 Å². The van der Waals surface area contributed by atoms with Gasteiger partial charge in [-0.15, -0.1) is 0 Å². The first-order chi connectivity index (χ1) is 11.7. The second-order valence-corrected chi connectivity index (χ2v) is 5.28. The van der Waals surface area contributed by atoms with Crippen LogP contribution in [0.15, 0.2) is 59.6 Å². The summed E-state index contributed by atoms with van der Waals surface area (Å²) in [6.07, 6.45) is 0.940. The van der Waals surface area contributed by atoms with Gasteiger partial charge in [-0.3, -0.25) is 4.99 Å². The monoisotopic (exact) mass is 325 g/mol. The Kier molecular flexibility index (Phi) is 6.83. The number of esters is 1. The maximum absolute atomic E-state index is 11.4. The van der Waals surface area contributed by atoms with Gasteiger partial charge in [0, 0.05) is 20.1 Å². The molecule has 2 aromatic carbocycles. The van der Waals surface area contributed by atoms with E-state index in [4.69, 9.17) is 0 Å². The molecule has 24 heavy (non-hydrogen) atoms. The number of rotatable bonds is 6. The van der Waals surface area contributed by atoms with E-state index in [0.717, 1.165) is 24.5 Å². The van der Waals surface area contributed by atoms with Crippen molar-refractivity contribution in [2.45, 2.75) is 13.0 Å². The van der Waals surface area contributed by atoms with E-state index in [0.29, 0.717) is 12.1 Å². The van der Waals surface area contributed by atoms with E-state index in [-0.39, 0.29) is 5.97 Å². The van der Waals surface area contributed by atoms with Crippen LogP contribution in [-0.4, -0.2) is 32.6 Å². The van der Waals surface area contributed by atoms with E-state index >= 15 is 0 Å². The zero-order chi connectivity index (χ0) is 17.2. The van der Waals surface area contributed by atoms with Crippen LogP contribution in [0.25, 0.3) is 0 Å². The lowest BCUT2D eigenvalue weighted by Gasteiger charge is -2.12. The summed E-state index contributed by atoms with van der Waals surface area (Å²) in [4.78, 5) is 15.6. The zero-order valence-electron chi connectivity index (χ0n) is 14.1. The number of hydrogen-bond donors (Lipinski definition) is 2. The van der Waals surface area contributed by atoms with Crippen molar-refractivity contribution in [1.29, 1.82) is 0 Å². The van der Waals surface area contributed by atoms with Gasteiger partial charge in [0.1, 0.15) is 0 Å². The van der Waals surface area contributed by atoms with E-state index in [9.17, 15) is 4.79 Å². The first-order valence-electron chi connectivity index (χ1n) is 7.88. The molecule has 2 rings (SSSR count). The summed E-state index contributed by atoms with van der Waals surface area (Å²) in [6.45, 7) is 1.44. The molecule has 0 spiro atoms. The molecule has 0 saturated heterocycles. The molecule has 0 radical (unpaired) electrons. The molecule has 0 aliphatic heterocycles. The molecule has 0 fully saturated rings. The molecule has 0 bridgehead atoms. The Hall–Kier alpha value is -2.82. The van der Waals surface area contributed by atoms with Crippen LogP contribution >= 0.6 is 0 Å². The Bertz CT molecular complexity index is 667. The molecule has 0 aromatic heterocycles. The number of benzene rings is 2. The number of nitrogens with one attached hydrogen (secondary N) is 2. The Labute approximate surface area is 142 Å². The molecule has 0 amide bonds. The molecule has 5 heteroatoms. The first-order valence-corrected chi connectivity index (χ1v) is 7.88. The molecule has 126 valence electrons. The molecule has 2 N–H and O–H groups in total. The van der Waals surface area contributed by atoms with Crippen molar-refractivity contribution in [3.63, 3.8) is 0 Å². The van der Waals surface area contributed by atoms with Crippen molar-refractivity contribution in [1.82, 2.24) is 10.6 Å². The number of nitrogens with zero attached hydrogens (tertiary/aromatic N) is 1. The summed E-state index contributed by atoms with van der Waals surface area (Å²) in [6, 6.07) is 17.6. The summed E-state index contributed by atoms with van der Waals surface area (Å²) >= 11 is 0. The van der Waals surface area contributed by atoms with Crippen molar-refractivity contribution >= 4 is 11.9 Å². The van der Waals surface area contributed by atoms with Gasteiger partial charge in [0.05, 0.1) is 12.7 Å². The maximum atomic E-state index is 11.4. The van der Waals surface area contributed by atoms with Crippen LogP contribution in [0.4, 0.5) is 0 Å². The highest BCUT2D eigenvalue weighted by Crippen LogP contribution is 2.05. The van der Waals surface area contributed by atoms with Crippen LogP contribution in [0.2, 0.25) is 0 Å². The quantitative estimate of drug-likeness (QED) is 0.486. The summed E-state index contributed by atoms with van der Waals surface area (Å²) in [5, 5.41) is 6.55. The van der Waals surface area contributed by atoms with Gasteiger partial charge in [-0.05, 0) is 29.7 Å². The lowest BCUT2D eigenvalue weighted by atomic mass is 10.1. The van der Waals surface area contributed by atoms with Gasteiger partial charge in [-0.25, -0.2) is 4.79 Å². The highest BCUT2D eigenvalue weighted by molar-refractivity contribution is 5.89. The third-order valence-electron chi connectivity index (χ3n) is 3.61. The molecule has 0 unspecified atom stereocenters. The molecular formula is C19H23N3O2. The van der Waals surface area contributed by atoms with Gasteiger partial charge in [-0.2, -0.15) is 0 Å². The lowest BCUT2D eigenvalue weighted by Crippen LogP contribution is -2.37. The molecule has 2 aromatic rings. The fourth-order valence-corrected chi connectivity index (χ4v) is 2.25. The predicted octanol–water partition coefficient (Wildman–Crippen LogP) is 2.38. The fraction of sp³-hybridized carbons (Fsp3) is 0.263. The van der Waals surface area contributed by atoms with Crippen LogP contribution in [0, 0.1) is 0 Å². The average molecular weight is 325 g/mol. The van der Waals surface area contributed by atoms with Crippen molar-refractivity contribution in [2.75, 3.05) is 20.7 Å². The van der Waals surface area contributed by atoms with Crippen molar-refractivity contribution in [3.8, 4) is 0 Å². The highest BCUT2D eigenvalue weighted by atomic mass is 16.5. The number of guanidine groups is 1. The third kappa shape index (κ3) is 5.43. The van der Waals surface area contributed by atoms with Gasteiger partial charge in [0.25, 0.3) is 0 Å². The fourth-order valence-electron chi connectivity index (χ4n) is 2.25. The predicted molar refractivity (Wildman–Crippen MR) is 96.1 cm³/mol. The minimum Gasteiger partial charge on any atom is -0.465 e. The number of hydrogen-bond acceptors (Lipinski definition) is 3. The topological polar surface area (TPSA) is 62.7 Å². The van der Waals surface area contributed by atoms with Crippen LogP contribution in [0.3, 0.4) is 0 Å². The molecule has 0 atom stereocenters. The summed E-state index contributed by atoms with van der Waals surface area (Å²) in [7, 11) is 3.13. The number of ether oxygens (including phenoxy) is 1. The van der Waals surface area contributed by atoms with Gasteiger partial charge in [0.15, 0.2) is 5.96 Å². The van der Waals surface area contributed by atoms with Gasteiger partial charge >= 0.3 is 5.97 Å². The maximum Gasteiger partial charge on any atom is 0.337 e. The number of carbonyl (C=O) groups is 1. The van der Waals surface area contributed by atoms with E-state index in [1.54, 1.807) is 19.2 Å². The number of methoxy groups -OCH3 is 1. The Balaban J connectivity index is 1.78. The first kappa shape index (κ1) is 17.5. The SMILES string of the molecule is CN=C(NCCc1ccccc1)NCc1ccc(C(=O)OC)cc1. The lowest BCUT2D eigenvalue weighted by molar-refractivity contribution is 0.0600. The standard InChI is InChI=1S/C19H23N3O2/c1-20-19(21-13-12-15-6-4-3-5-7-15)22-14-16-8-10-17(11-9-16)18(23)24-2/h3-11H,12-14H2,1-2H3,(H2,20,21,22). The second kappa shape index (κ2) is 9.35. The van der Waals surface area contributed by atoms with Gasteiger partial charge < -0.3 is 15.4 Å². The molecule has 0 saturated carbocycles. The van der Waals surface area contributed by atoms with E-state index in [1.807, 2.05) is 30.3 Å². The zero-order valence-corrected chi connectivity index (χ0v) is 14.1. The summed E-state index contributed by atoms with van der Waals surface area (Å²) < 4.78 is 4.69. The summed E-state index contributed by atoms with van der Waals surface area (Å²) in [5.41, 5.74) is 2.90. The van der Waals surface area contributed by atoms with Crippen LogP contribution in [-0.2, 0) is 17.7 Å². The van der Waals surface area contributed by atoms with Crippen LogP contribution in [0.5, 0.6) is 0 Å². The largest absolute Gasteiger partial charge is 0.465 e. The van der Waals surface area contributed by atoms with E-state index < -0.39 is 0 Å². The minimum atomic E-state index is -0.326. The van der Waals surface area contributed by atoms with Crippen molar-refractivity contribution < 1.29 is 9.53 Å². The van der Waals surface area contributed by atoms with E-state index in [1.165, 1.54) is 12.7 Å². The van der Waals surface area contributed by atoms with E-state index in [2.05, 4.69) is 32.5 Å². The number of aliphatic imine (C=N–C) groups is 1. The molecule has 0 heterocycles. The van der Waals surface area contributed by atoms with Crippen LogP contribution in [0.1, 0.15) is 21.5 Å². The minimum absolute atomic E-state index is 0.326. The molecule has 5 nitrogen and oxygen atoms in total.